The van der Waals surface area contributed by atoms with E-state index in [0.29, 0.717) is 11.9 Å². The zero-order chi connectivity index (χ0) is 25.7. The van der Waals surface area contributed by atoms with Crippen LogP contribution in [-0.4, -0.2) is 39.8 Å². The van der Waals surface area contributed by atoms with E-state index in [2.05, 4.69) is 46.6 Å². The van der Waals surface area contributed by atoms with Crippen LogP contribution >= 0.6 is 0 Å². The predicted octanol–water partition coefficient (Wildman–Crippen LogP) is 5.35. The minimum atomic E-state index is -0.491. The largest absolute Gasteiger partial charge is 0.488 e. The Labute approximate surface area is 213 Å². The summed E-state index contributed by atoms with van der Waals surface area (Å²) in [5, 5.41) is 6.79. The molecule has 0 unspecified atom stereocenters. The van der Waals surface area contributed by atoms with E-state index in [1.807, 2.05) is 20.8 Å². The molecule has 36 heavy (non-hydrogen) atoms. The fourth-order valence-corrected chi connectivity index (χ4v) is 5.50. The highest BCUT2D eigenvalue weighted by Gasteiger charge is 2.38. The van der Waals surface area contributed by atoms with Crippen LogP contribution < -0.4 is 21.1 Å². The highest BCUT2D eigenvalue weighted by atomic mass is 16.6. The summed E-state index contributed by atoms with van der Waals surface area (Å²) in [6.45, 7) is 10.1. The summed E-state index contributed by atoms with van der Waals surface area (Å²) in [4.78, 5) is 21.1. The highest BCUT2D eigenvalue weighted by Crippen LogP contribution is 2.49. The SMILES string of the molecule is CC(C)(C)OC(=O)N[C@H]1CC[C@H](Oc2ccc3c(c2NC2CC2)CC(C)(C)c2c(N)ncnc2-3)CC1. The number of nitrogens with zero attached hydrogens (tertiary/aromatic N) is 2. The normalized spacial score (nSPS) is 22.7. The summed E-state index contributed by atoms with van der Waals surface area (Å²) in [6, 6.07) is 4.82. The quantitative estimate of drug-likeness (QED) is 0.515. The molecule has 2 aromatic rings. The molecular weight excluding hydrogens is 454 g/mol. The number of benzene rings is 1. The molecule has 4 N–H and O–H groups in total. The van der Waals surface area contributed by atoms with Crippen molar-refractivity contribution >= 4 is 17.6 Å². The Balaban J connectivity index is 1.34. The molecule has 194 valence electrons. The number of hydrogen-bond donors (Lipinski definition) is 3. The van der Waals surface area contributed by atoms with Gasteiger partial charge >= 0.3 is 6.09 Å². The van der Waals surface area contributed by atoms with E-state index >= 15 is 0 Å². The number of rotatable bonds is 5. The second kappa shape index (κ2) is 9.12. The van der Waals surface area contributed by atoms with Gasteiger partial charge in [-0.15, -0.1) is 0 Å². The number of ether oxygens (including phenoxy) is 2. The summed E-state index contributed by atoms with van der Waals surface area (Å²) >= 11 is 0. The van der Waals surface area contributed by atoms with Gasteiger partial charge in [0.1, 0.15) is 23.5 Å². The van der Waals surface area contributed by atoms with Crippen molar-refractivity contribution < 1.29 is 14.3 Å². The van der Waals surface area contributed by atoms with Gasteiger partial charge in [0.05, 0.1) is 17.5 Å². The third-order valence-electron chi connectivity index (χ3n) is 7.32. The van der Waals surface area contributed by atoms with Crippen molar-refractivity contribution in [2.45, 2.75) is 109 Å². The average Bonchev–Trinajstić information content (AvgIpc) is 3.59. The third kappa shape index (κ3) is 5.22. The maximum absolute atomic E-state index is 12.2. The summed E-state index contributed by atoms with van der Waals surface area (Å²) in [5.41, 5.74) is 11.0. The van der Waals surface area contributed by atoms with Crippen molar-refractivity contribution in [3.8, 4) is 17.0 Å². The first-order chi connectivity index (χ1) is 17.0. The van der Waals surface area contributed by atoms with Crippen LogP contribution in [0.25, 0.3) is 11.3 Å². The van der Waals surface area contributed by atoms with Crippen LogP contribution in [0.2, 0.25) is 0 Å². The van der Waals surface area contributed by atoms with Gasteiger partial charge in [-0.3, -0.25) is 0 Å². The van der Waals surface area contributed by atoms with E-state index in [-0.39, 0.29) is 23.7 Å². The minimum Gasteiger partial charge on any atom is -0.488 e. The van der Waals surface area contributed by atoms with Gasteiger partial charge in [0.15, 0.2) is 0 Å². The maximum Gasteiger partial charge on any atom is 0.407 e. The number of alkyl carbamates (subject to hydrolysis) is 1. The number of amides is 1. The number of anilines is 2. The Hall–Kier alpha value is -3.03. The Bertz CT molecular complexity index is 1140. The van der Waals surface area contributed by atoms with Crippen LogP contribution in [0.1, 0.15) is 84.3 Å². The molecular formula is C28H39N5O3. The molecule has 1 aromatic carbocycles. The summed E-state index contributed by atoms with van der Waals surface area (Å²) in [7, 11) is 0. The van der Waals surface area contributed by atoms with Crippen LogP contribution in [0.5, 0.6) is 5.75 Å². The van der Waals surface area contributed by atoms with Gasteiger partial charge in [0, 0.05) is 23.2 Å². The molecule has 1 heterocycles. The van der Waals surface area contributed by atoms with Gasteiger partial charge in [-0.2, -0.15) is 0 Å². The highest BCUT2D eigenvalue weighted by molar-refractivity contribution is 5.83. The molecule has 1 aromatic heterocycles. The monoisotopic (exact) mass is 493 g/mol. The Morgan fingerprint density at radius 3 is 2.42 bits per heavy atom. The molecule has 3 aliphatic rings. The molecule has 5 rings (SSSR count). The second-order valence-corrected chi connectivity index (χ2v) is 12.2. The smallest absolute Gasteiger partial charge is 0.407 e. The number of nitrogens with two attached hydrogens (primary N) is 1. The van der Waals surface area contributed by atoms with Crippen molar-refractivity contribution in [3.05, 3.63) is 29.6 Å². The van der Waals surface area contributed by atoms with Crippen LogP contribution in [0.15, 0.2) is 18.5 Å². The van der Waals surface area contributed by atoms with Gasteiger partial charge in [-0.05, 0) is 88.8 Å². The van der Waals surface area contributed by atoms with Gasteiger partial charge in [-0.25, -0.2) is 14.8 Å². The summed E-state index contributed by atoms with van der Waals surface area (Å²) in [6.07, 6.45) is 8.04. The standard InChI is InChI=1S/C28H39N5O3/c1-27(2,3)36-26(34)33-17-8-10-18(11-9-17)35-21-13-12-19-20(23(21)32-16-6-7-16)14-28(4,5)22-24(19)30-15-31-25(22)29/h12-13,15-18,32H,6-11,14H2,1-5H3,(H,33,34)(H2,29,30,31)/t17-,18-. The number of nitrogens with one attached hydrogen (secondary N) is 2. The van der Waals surface area contributed by atoms with E-state index in [1.165, 1.54) is 18.4 Å². The van der Waals surface area contributed by atoms with E-state index in [9.17, 15) is 4.79 Å². The zero-order valence-corrected chi connectivity index (χ0v) is 22.1. The van der Waals surface area contributed by atoms with Crippen molar-refractivity contribution in [2.24, 2.45) is 0 Å². The fourth-order valence-electron chi connectivity index (χ4n) is 5.50. The number of fused-ring (bicyclic) bond motifs is 3. The number of carbonyl (C=O) groups is 1. The van der Waals surface area contributed by atoms with Gasteiger partial charge in [-0.1, -0.05) is 13.8 Å². The lowest BCUT2D eigenvalue weighted by Gasteiger charge is -2.36. The Kier molecular flexibility index (Phi) is 6.25. The first-order valence-electron chi connectivity index (χ1n) is 13.2. The summed E-state index contributed by atoms with van der Waals surface area (Å²) in [5.74, 6) is 1.47. The Morgan fingerprint density at radius 1 is 1.06 bits per heavy atom. The van der Waals surface area contributed by atoms with E-state index in [0.717, 1.165) is 60.4 Å². The first-order valence-corrected chi connectivity index (χ1v) is 13.2. The molecule has 3 aliphatic carbocycles. The number of nitrogen functional groups attached to an aromatic ring is 1. The van der Waals surface area contributed by atoms with Crippen molar-refractivity contribution in [1.29, 1.82) is 0 Å². The van der Waals surface area contributed by atoms with Crippen LogP contribution in [0.4, 0.5) is 16.3 Å². The fraction of sp³-hybridized carbons (Fsp3) is 0.607. The zero-order valence-electron chi connectivity index (χ0n) is 22.1. The predicted molar refractivity (Wildman–Crippen MR) is 141 cm³/mol. The minimum absolute atomic E-state index is 0.112. The number of aromatic nitrogens is 2. The van der Waals surface area contributed by atoms with Crippen molar-refractivity contribution in [1.82, 2.24) is 15.3 Å². The Morgan fingerprint density at radius 2 is 1.75 bits per heavy atom. The molecule has 2 saturated carbocycles. The molecule has 0 atom stereocenters. The topological polar surface area (TPSA) is 111 Å². The molecule has 0 saturated heterocycles. The molecule has 2 fully saturated rings. The van der Waals surface area contributed by atoms with Gasteiger partial charge in [0.2, 0.25) is 0 Å². The average molecular weight is 494 g/mol. The third-order valence-corrected chi connectivity index (χ3v) is 7.32. The second-order valence-electron chi connectivity index (χ2n) is 12.2. The molecule has 0 radical (unpaired) electrons. The molecule has 0 spiro atoms. The lowest BCUT2D eigenvalue weighted by Crippen LogP contribution is -2.42. The van der Waals surface area contributed by atoms with Crippen LogP contribution in [0, 0.1) is 0 Å². The van der Waals surface area contributed by atoms with Gasteiger partial charge < -0.3 is 25.8 Å². The first kappa shape index (κ1) is 24.7. The molecule has 8 heteroatoms. The summed E-state index contributed by atoms with van der Waals surface area (Å²) < 4.78 is 12.0. The van der Waals surface area contributed by atoms with E-state index < -0.39 is 5.60 Å². The van der Waals surface area contributed by atoms with Crippen LogP contribution in [-0.2, 0) is 16.6 Å². The number of hydrogen-bond acceptors (Lipinski definition) is 7. The molecule has 0 aliphatic heterocycles. The van der Waals surface area contributed by atoms with Gasteiger partial charge in [0.25, 0.3) is 0 Å². The molecule has 8 nitrogen and oxygen atoms in total. The molecule has 0 bridgehead atoms. The van der Waals surface area contributed by atoms with E-state index in [1.54, 1.807) is 6.33 Å². The van der Waals surface area contributed by atoms with Crippen LogP contribution in [0.3, 0.4) is 0 Å². The maximum atomic E-state index is 12.2. The van der Waals surface area contributed by atoms with Crippen molar-refractivity contribution in [3.63, 3.8) is 0 Å². The van der Waals surface area contributed by atoms with E-state index in [4.69, 9.17) is 15.2 Å². The van der Waals surface area contributed by atoms with Crippen molar-refractivity contribution in [2.75, 3.05) is 11.1 Å². The molecule has 1 amide bonds. The lowest BCUT2D eigenvalue weighted by molar-refractivity contribution is 0.0471. The number of carbonyl (C=O) groups excluding carboxylic acids is 1. The lowest BCUT2D eigenvalue weighted by atomic mass is 9.71.